The first-order chi connectivity index (χ1) is 9.92. The molecule has 21 heavy (non-hydrogen) atoms. The van der Waals surface area contributed by atoms with Crippen molar-refractivity contribution < 1.29 is 14.6 Å². The standard InChI is InChI=1S/C13H17N3O5/c1-3-7-14(8-4-2)13(17)11-6-5-10(15(18)19)9-12(11)16(20)21/h5-6,9H,3-4,7-8H2,1-2H3. The van der Waals surface area contributed by atoms with Crippen molar-refractivity contribution in [3.05, 3.63) is 44.0 Å². The predicted octanol–water partition coefficient (Wildman–Crippen LogP) is 2.77. The molecule has 0 saturated heterocycles. The maximum absolute atomic E-state index is 12.4. The Morgan fingerprint density at radius 3 is 2.10 bits per heavy atom. The Morgan fingerprint density at radius 2 is 1.67 bits per heavy atom. The van der Waals surface area contributed by atoms with Crippen LogP contribution < -0.4 is 0 Å². The minimum absolute atomic E-state index is 0.118. The molecule has 0 spiro atoms. The molecule has 0 radical (unpaired) electrons. The van der Waals surface area contributed by atoms with Gasteiger partial charge in [0.15, 0.2) is 0 Å². The Kier molecular flexibility index (Phi) is 5.77. The van der Waals surface area contributed by atoms with Crippen LogP contribution in [0.2, 0.25) is 0 Å². The van der Waals surface area contributed by atoms with Gasteiger partial charge in [-0.15, -0.1) is 0 Å². The lowest BCUT2D eigenvalue weighted by Crippen LogP contribution is -2.32. The van der Waals surface area contributed by atoms with Gasteiger partial charge in [0.05, 0.1) is 15.9 Å². The quantitative estimate of drug-likeness (QED) is 0.567. The average Bonchev–Trinajstić information content (AvgIpc) is 2.45. The molecule has 1 aromatic carbocycles. The van der Waals surface area contributed by atoms with Gasteiger partial charge in [-0.05, 0) is 18.9 Å². The smallest absolute Gasteiger partial charge is 0.289 e. The number of hydrogen-bond donors (Lipinski definition) is 0. The molecule has 114 valence electrons. The van der Waals surface area contributed by atoms with E-state index in [0.717, 1.165) is 31.0 Å². The van der Waals surface area contributed by atoms with Crippen molar-refractivity contribution >= 4 is 17.3 Å². The van der Waals surface area contributed by atoms with E-state index in [1.165, 1.54) is 4.90 Å². The Labute approximate surface area is 121 Å². The highest BCUT2D eigenvalue weighted by Gasteiger charge is 2.26. The summed E-state index contributed by atoms with van der Waals surface area (Å²) in [5.74, 6) is -0.472. The van der Waals surface area contributed by atoms with Gasteiger partial charge in [-0.1, -0.05) is 13.8 Å². The molecule has 0 saturated carbocycles. The minimum atomic E-state index is -0.768. The molecule has 0 aliphatic rings. The van der Waals surface area contributed by atoms with Crippen LogP contribution in [0.1, 0.15) is 37.0 Å². The summed E-state index contributed by atoms with van der Waals surface area (Å²) in [5.41, 5.74) is -1.06. The minimum Gasteiger partial charge on any atom is -0.338 e. The molecule has 0 aromatic heterocycles. The summed E-state index contributed by atoms with van der Waals surface area (Å²) in [4.78, 5) is 34.1. The fourth-order valence-electron chi connectivity index (χ4n) is 1.99. The molecule has 0 atom stereocenters. The van der Waals surface area contributed by atoms with Gasteiger partial charge in [0.25, 0.3) is 17.3 Å². The van der Waals surface area contributed by atoms with Gasteiger partial charge >= 0.3 is 0 Å². The van der Waals surface area contributed by atoms with Crippen molar-refractivity contribution in [2.24, 2.45) is 0 Å². The highest BCUT2D eigenvalue weighted by atomic mass is 16.6. The van der Waals surface area contributed by atoms with Crippen molar-refractivity contribution in [2.45, 2.75) is 26.7 Å². The second kappa shape index (κ2) is 7.32. The Hall–Kier alpha value is -2.51. The third-order valence-corrected chi connectivity index (χ3v) is 2.89. The molecule has 8 nitrogen and oxygen atoms in total. The molecule has 0 unspecified atom stereocenters. The molecular formula is C13H17N3O5. The first-order valence-electron chi connectivity index (χ1n) is 6.64. The second-order valence-electron chi connectivity index (χ2n) is 4.51. The number of carbonyl (C=O) groups is 1. The first kappa shape index (κ1) is 16.5. The summed E-state index contributed by atoms with van der Waals surface area (Å²) in [6, 6.07) is 3.08. The van der Waals surface area contributed by atoms with Crippen LogP contribution in [-0.2, 0) is 0 Å². The monoisotopic (exact) mass is 295 g/mol. The van der Waals surface area contributed by atoms with Crippen molar-refractivity contribution in [3.63, 3.8) is 0 Å². The average molecular weight is 295 g/mol. The van der Waals surface area contributed by atoms with E-state index >= 15 is 0 Å². The second-order valence-corrected chi connectivity index (χ2v) is 4.51. The van der Waals surface area contributed by atoms with E-state index in [2.05, 4.69) is 0 Å². The van der Waals surface area contributed by atoms with Crippen LogP contribution in [0.15, 0.2) is 18.2 Å². The first-order valence-corrected chi connectivity index (χ1v) is 6.64. The van der Waals surface area contributed by atoms with Crippen molar-refractivity contribution in [1.82, 2.24) is 4.90 Å². The number of benzene rings is 1. The summed E-state index contributed by atoms with van der Waals surface area (Å²) in [6.07, 6.45) is 1.46. The summed E-state index contributed by atoms with van der Waals surface area (Å²) in [5, 5.41) is 21.7. The predicted molar refractivity (Wildman–Crippen MR) is 76.2 cm³/mol. The van der Waals surface area contributed by atoms with E-state index in [4.69, 9.17) is 0 Å². The molecule has 1 aromatic rings. The van der Waals surface area contributed by atoms with Crippen LogP contribution in [0.3, 0.4) is 0 Å². The topological polar surface area (TPSA) is 107 Å². The lowest BCUT2D eigenvalue weighted by molar-refractivity contribution is -0.394. The highest BCUT2D eigenvalue weighted by Crippen LogP contribution is 2.26. The van der Waals surface area contributed by atoms with Crippen molar-refractivity contribution in [2.75, 3.05) is 13.1 Å². The zero-order valence-electron chi connectivity index (χ0n) is 11.9. The zero-order chi connectivity index (χ0) is 16.0. The Bertz CT molecular complexity index is 553. The van der Waals surface area contributed by atoms with Crippen LogP contribution >= 0.6 is 0 Å². The van der Waals surface area contributed by atoms with Crippen LogP contribution in [0.4, 0.5) is 11.4 Å². The van der Waals surface area contributed by atoms with E-state index in [1.807, 2.05) is 13.8 Å². The molecule has 1 amide bonds. The third-order valence-electron chi connectivity index (χ3n) is 2.89. The number of hydrogen-bond acceptors (Lipinski definition) is 5. The molecular weight excluding hydrogens is 278 g/mol. The highest BCUT2D eigenvalue weighted by molar-refractivity contribution is 5.98. The van der Waals surface area contributed by atoms with Gasteiger partial charge in [-0.3, -0.25) is 25.0 Å². The molecule has 0 heterocycles. The largest absolute Gasteiger partial charge is 0.338 e. The van der Waals surface area contributed by atoms with E-state index < -0.39 is 27.1 Å². The van der Waals surface area contributed by atoms with Crippen LogP contribution in [0.5, 0.6) is 0 Å². The van der Waals surface area contributed by atoms with Crippen molar-refractivity contribution in [1.29, 1.82) is 0 Å². The summed E-state index contributed by atoms with van der Waals surface area (Å²) < 4.78 is 0. The van der Waals surface area contributed by atoms with Crippen LogP contribution in [0, 0.1) is 20.2 Å². The maximum Gasteiger partial charge on any atom is 0.289 e. The van der Waals surface area contributed by atoms with Gasteiger partial charge < -0.3 is 4.90 Å². The lowest BCUT2D eigenvalue weighted by Gasteiger charge is -2.21. The van der Waals surface area contributed by atoms with Gasteiger partial charge in [-0.2, -0.15) is 0 Å². The fraction of sp³-hybridized carbons (Fsp3) is 0.462. The summed E-state index contributed by atoms with van der Waals surface area (Å²) >= 11 is 0. The summed E-state index contributed by atoms with van der Waals surface area (Å²) in [6.45, 7) is 4.78. The SMILES string of the molecule is CCCN(CCC)C(=O)c1ccc([N+](=O)[O-])cc1[N+](=O)[O-]. The van der Waals surface area contributed by atoms with Gasteiger partial charge in [0.2, 0.25) is 0 Å². The van der Waals surface area contributed by atoms with E-state index in [0.29, 0.717) is 13.1 Å². The lowest BCUT2D eigenvalue weighted by atomic mass is 10.1. The molecule has 0 bridgehead atoms. The number of nitrogens with zero attached hydrogens (tertiary/aromatic N) is 3. The van der Waals surface area contributed by atoms with E-state index in [9.17, 15) is 25.0 Å². The van der Waals surface area contributed by atoms with Crippen LogP contribution in [-0.4, -0.2) is 33.7 Å². The van der Waals surface area contributed by atoms with E-state index in [-0.39, 0.29) is 5.56 Å². The van der Waals surface area contributed by atoms with Gasteiger partial charge in [0.1, 0.15) is 5.56 Å². The number of amides is 1. The van der Waals surface area contributed by atoms with Crippen LogP contribution in [0.25, 0.3) is 0 Å². The molecule has 8 heteroatoms. The number of rotatable bonds is 7. The molecule has 0 N–H and O–H groups in total. The fourth-order valence-corrected chi connectivity index (χ4v) is 1.99. The number of nitro benzene ring substituents is 2. The molecule has 1 rings (SSSR count). The molecule has 0 fully saturated rings. The third kappa shape index (κ3) is 3.98. The maximum atomic E-state index is 12.4. The normalized spacial score (nSPS) is 10.2. The Morgan fingerprint density at radius 1 is 1.10 bits per heavy atom. The zero-order valence-corrected chi connectivity index (χ0v) is 11.9. The number of carbonyl (C=O) groups excluding carboxylic acids is 1. The van der Waals surface area contributed by atoms with Gasteiger partial charge in [-0.25, -0.2) is 0 Å². The molecule has 0 aliphatic carbocycles. The van der Waals surface area contributed by atoms with E-state index in [1.54, 1.807) is 0 Å². The number of non-ortho nitro benzene ring substituents is 1. The molecule has 0 aliphatic heterocycles. The Balaban J connectivity index is 3.24. The number of nitro groups is 2. The van der Waals surface area contributed by atoms with Gasteiger partial charge in [0, 0.05) is 19.2 Å². The van der Waals surface area contributed by atoms with Crippen molar-refractivity contribution in [3.8, 4) is 0 Å². The summed E-state index contributed by atoms with van der Waals surface area (Å²) in [7, 11) is 0.